The molecule has 6 heteroatoms. The summed E-state index contributed by atoms with van der Waals surface area (Å²) in [5.74, 6) is 0.339. The number of hydrogen-bond donors (Lipinski definition) is 2. The van der Waals surface area contributed by atoms with Gasteiger partial charge in [0.1, 0.15) is 5.82 Å². The molecule has 1 aliphatic heterocycles. The van der Waals surface area contributed by atoms with Crippen LogP contribution in [0.15, 0.2) is 29.3 Å². The molecule has 3 N–H and O–H groups in total. The zero-order chi connectivity index (χ0) is 15.8. The number of rotatable bonds is 7. The third-order valence-corrected chi connectivity index (χ3v) is 4.22. The number of benzene rings is 1. The maximum atomic E-state index is 13.1. The molecular formula is C17H28FIN4. The van der Waals surface area contributed by atoms with E-state index in [1.54, 1.807) is 12.1 Å². The Kier molecular flexibility index (Phi) is 9.47. The van der Waals surface area contributed by atoms with Gasteiger partial charge < -0.3 is 11.1 Å². The van der Waals surface area contributed by atoms with Crippen molar-refractivity contribution in [2.45, 2.75) is 38.6 Å². The Bertz CT molecular complexity index is 495. The van der Waals surface area contributed by atoms with Gasteiger partial charge in [0, 0.05) is 12.6 Å². The fraction of sp³-hybridized carbons (Fsp3) is 0.588. The van der Waals surface area contributed by atoms with Crippen molar-refractivity contribution in [1.82, 2.24) is 10.2 Å². The fourth-order valence-electron chi connectivity index (χ4n) is 2.98. The molecule has 1 heterocycles. The number of halogens is 2. The Labute approximate surface area is 155 Å². The van der Waals surface area contributed by atoms with Gasteiger partial charge in [0.2, 0.25) is 0 Å². The highest BCUT2D eigenvalue weighted by Gasteiger charge is 2.22. The van der Waals surface area contributed by atoms with Crippen molar-refractivity contribution in [3.05, 3.63) is 35.6 Å². The highest BCUT2D eigenvalue weighted by Crippen LogP contribution is 2.16. The van der Waals surface area contributed by atoms with Crippen LogP contribution in [-0.2, 0) is 6.42 Å². The Balaban J connectivity index is 0.00000264. The molecule has 1 aromatic rings. The number of likely N-dealkylation sites (N-methyl/N-ethyl adjacent to an activating group) is 1. The lowest BCUT2D eigenvalue weighted by Crippen LogP contribution is -2.36. The molecule has 2 rings (SSSR count). The van der Waals surface area contributed by atoms with Crippen molar-refractivity contribution >= 4 is 29.9 Å². The molecule has 1 atom stereocenters. The molecule has 4 nitrogen and oxygen atoms in total. The largest absolute Gasteiger partial charge is 0.370 e. The fourth-order valence-corrected chi connectivity index (χ4v) is 2.98. The first kappa shape index (κ1) is 20.2. The normalized spacial score (nSPS) is 18.7. The van der Waals surface area contributed by atoms with Gasteiger partial charge >= 0.3 is 0 Å². The van der Waals surface area contributed by atoms with Crippen LogP contribution in [0, 0.1) is 5.82 Å². The van der Waals surface area contributed by atoms with Crippen molar-refractivity contribution in [3.8, 4) is 0 Å². The lowest BCUT2D eigenvalue weighted by molar-refractivity contribution is 0.273. The van der Waals surface area contributed by atoms with Gasteiger partial charge in [-0.2, -0.15) is 0 Å². The molecule has 1 fully saturated rings. The summed E-state index contributed by atoms with van der Waals surface area (Å²) in [5.41, 5.74) is 6.92. The summed E-state index contributed by atoms with van der Waals surface area (Å²) in [4.78, 5) is 6.90. The number of guanidine groups is 1. The van der Waals surface area contributed by atoms with E-state index >= 15 is 0 Å². The quantitative estimate of drug-likeness (QED) is 0.301. The Morgan fingerprint density at radius 3 is 3.04 bits per heavy atom. The second-order valence-electron chi connectivity index (χ2n) is 5.81. The van der Waals surface area contributed by atoms with E-state index in [1.165, 1.54) is 25.5 Å². The minimum atomic E-state index is -0.177. The summed E-state index contributed by atoms with van der Waals surface area (Å²) in [5, 5.41) is 3.14. The van der Waals surface area contributed by atoms with Crippen LogP contribution >= 0.6 is 24.0 Å². The van der Waals surface area contributed by atoms with Gasteiger partial charge in [-0.3, -0.25) is 9.89 Å². The second kappa shape index (κ2) is 10.8. The smallest absolute Gasteiger partial charge is 0.188 e. The van der Waals surface area contributed by atoms with E-state index in [9.17, 15) is 4.39 Å². The van der Waals surface area contributed by atoms with Crippen LogP contribution in [0.4, 0.5) is 4.39 Å². The average molecular weight is 434 g/mol. The van der Waals surface area contributed by atoms with Gasteiger partial charge in [-0.15, -0.1) is 24.0 Å². The maximum Gasteiger partial charge on any atom is 0.188 e. The van der Waals surface area contributed by atoms with Gasteiger partial charge in [0.15, 0.2) is 5.96 Å². The van der Waals surface area contributed by atoms with Gasteiger partial charge in [-0.25, -0.2) is 4.39 Å². The van der Waals surface area contributed by atoms with Crippen molar-refractivity contribution in [3.63, 3.8) is 0 Å². The lowest BCUT2D eigenvalue weighted by atomic mass is 10.1. The molecule has 130 valence electrons. The van der Waals surface area contributed by atoms with E-state index in [2.05, 4.69) is 22.1 Å². The molecule has 1 aliphatic rings. The van der Waals surface area contributed by atoms with E-state index < -0.39 is 0 Å². The van der Waals surface area contributed by atoms with Gasteiger partial charge in [-0.05, 0) is 56.5 Å². The number of aryl methyl sites for hydroxylation is 1. The molecule has 1 saturated heterocycles. The first-order valence-electron chi connectivity index (χ1n) is 8.21. The number of aliphatic imine (C=N–C) groups is 1. The third kappa shape index (κ3) is 7.03. The lowest BCUT2D eigenvalue weighted by Gasteiger charge is -2.20. The average Bonchev–Trinajstić information content (AvgIpc) is 2.97. The first-order chi connectivity index (χ1) is 10.7. The molecule has 0 aromatic heterocycles. The van der Waals surface area contributed by atoms with E-state index in [0.717, 1.165) is 38.0 Å². The maximum absolute atomic E-state index is 13.1. The van der Waals surface area contributed by atoms with Crippen LogP contribution in [0.2, 0.25) is 0 Å². The third-order valence-electron chi connectivity index (χ3n) is 4.22. The van der Waals surface area contributed by atoms with Gasteiger partial charge in [-0.1, -0.05) is 19.1 Å². The van der Waals surface area contributed by atoms with Crippen molar-refractivity contribution in [2.24, 2.45) is 10.7 Å². The molecule has 1 aromatic carbocycles. The zero-order valence-corrected chi connectivity index (χ0v) is 16.1. The summed E-state index contributed by atoms with van der Waals surface area (Å²) in [6.07, 6.45) is 4.22. The minimum absolute atomic E-state index is 0. The molecule has 0 aliphatic carbocycles. The molecule has 0 amide bonds. The highest BCUT2D eigenvalue weighted by molar-refractivity contribution is 14.0. The molecular weight excluding hydrogens is 406 g/mol. The van der Waals surface area contributed by atoms with Crippen LogP contribution in [0.1, 0.15) is 31.7 Å². The topological polar surface area (TPSA) is 53.6 Å². The number of hydrogen-bond acceptors (Lipinski definition) is 2. The van der Waals surface area contributed by atoms with E-state index in [1.807, 2.05) is 6.07 Å². The monoisotopic (exact) mass is 434 g/mol. The predicted octanol–water partition coefficient (Wildman–Crippen LogP) is 2.76. The van der Waals surface area contributed by atoms with Crippen LogP contribution in [0.3, 0.4) is 0 Å². The molecule has 23 heavy (non-hydrogen) atoms. The summed E-state index contributed by atoms with van der Waals surface area (Å²) in [7, 11) is 0. The standard InChI is InChI=1S/C17H27FN4.HI/c1-2-22-11-5-9-16(22)13-21-17(19)20-10-4-7-14-6-3-8-15(18)12-14;/h3,6,8,12,16H,2,4-5,7,9-11,13H2,1H3,(H3,19,20,21);1H. The predicted molar refractivity (Wildman–Crippen MR) is 105 cm³/mol. The Morgan fingerprint density at radius 2 is 2.30 bits per heavy atom. The summed E-state index contributed by atoms with van der Waals surface area (Å²) in [6.45, 7) is 5.99. The van der Waals surface area contributed by atoms with Crippen molar-refractivity contribution < 1.29 is 4.39 Å². The van der Waals surface area contributed by atoms with E-state index in [0.29, 0.717) is 12.0 Å². The van der Waals surface area contributed by atoms with Crippen LogP contribution in [-0.4, -0.2) is 43.1 Å². The Hall–Kier alpha value is -0.890. The number of nitrogens with zero attached hydrogens (tertiary/aromatic N) is 2. The SMILES string of the molecule is CCN1CCCC1CN=C(N)NCCCc1cccc(F)c1.I. The zero-order valence-electron chi connectivity index (χ0n) is 13.8. The van der Waals surface area contributed by atoms with Crippen molar-refractivity contribution in [2.75, 3.05) is 26.2 Å². The van der Waals surface area contributed by atoms with Gasteiger partial charge in [0.25, 0.3) is 0 Å². The molecule has 0 saturated carbocycles. The van der Waals surface area contributed by atoms with Crippen LogP contribution in [0.5, 0.6) is 0 Å². The second-order valence-corrected chi connectivity index (χ2v) is 5.81. The minimum Gasteiger partial charge on any atom is -0.370 e. The molecule has 1 unspecified atom stereocenters. The van der Waals surface area contributed by atoms with Crippen LogP contribution in [0.25, 0.3) is 0 Å². The van der Waals surface area contributed by atoms with E-state index in [-0.39, 0.29) is 29.8 Å². The number of likely N-dealkylation sites (tertiary alicyclic amines) is 1. The van der Waals surface area contributed by atoms with E-state index in [4.69, 9.17) is 5.73 Å². The number of nitrogens with one attached hydrogen (secondary N) is 1. The van der Waals surface area contributed by atoms with Gasteiger partial charge in [0.05, 0.1) is 6.54 Å². The summed E-state index contributed by atoms with van der Waals surface area (Å²) in [6, 6.07) is 7.28. The highest BCUT2D eigenvalue weighted by atomic mass is 127. The molecule has 0 radical (unpaired) electrons. The Morgan fingerprint density at radius 1 is 1.48 bits per heavy atom. The molecule has 0 bridgehead atoms. The van der Waals surface area contributed by atoms with Crippen LogP contribution < -0.4 is 11.1 Å². The first-order valence-corrected chi connectivity index (χ1v) is 8.21. The summed E-state index contributed by atoms with van der Waals surface area (Å²) < 4.78 is 13.1. The van der Waals surface area contributed by atoms with Crippen molar-refractivity contribution in [1.29, 1.82) is 0 Å². The number of nitrogens with two attached hydrogens (primary N) is 1. The summed E-state index contributed by atoms with van der Waals surface area (Å²) >= 11 is 0. The molecule has 0 spiro atoms.